The molecule has 8 heteroatoms. The summed E-state index contributed by atoms with van der Waals surface area (Å²) in [6, 6.07) is 6.54. The number of rotatable bonds is 2. The van der Waals surface area contributed by atoms with Crippen LogP contribution in [0.2, 0.25) is 0 Å². The molecule has 0 amide bonds. The second-order valence-corrected chi connectivity index (χ2v) is 6.44. The summed E-state index contributed by atoms with van der Waals surface area (Å²) in [5.74, 6) is -0.822. The van der Waals surface area contributed by atoms with Crippen LogP contribution in [0.15, 0.2) is 48.9 Å². The molecule has 0 bridgehead atoms. The highest BCUT2D eigenvalue weighted by Crippen LogP contribution is 2.30. The van der Waals surface area contributed by atoms with Crippen LogP contribution in [-0.4, -0.2) is 32.6 Å². The quantitative estimate of drug-likeness (QED) is 0.611. The number of imidazole rings is 1. The zero-order valence-corrected chi connectivity index (χ0v) is 14.7. The van der Waals surface area contributed by atoms with Gasteiger partial charge in [0.25, 0.3) is 0 Å². The first kappa shape index (κ1) is 19.3. The summed E-state index contributed by atoms with van der Waals surface area (Å²) in [6.45, 7) is 2.14. The summed E-state index contributed by atoms with van der Waals surface area (Å²) in [5, 5.41) is 4.00. The van der Waals surface area contributed by atoms with Gasteiger partial charge in [-0.25, -0.2) is 13.9 Å². The zero-order valence-electron chi connectivity index (χ0n) is 14.7. The monoisotopic (exact) mass is 380 g/mol. The maximum atomic E-state index is 13.2. The van der Waals surface area contributed by atoms with Crippen LogP contribution in [-0.2, 0) is 12.7 Å². The van der Waals surface area contributed by atoms with Crippen LogP contribution < -0.4 is 0 Å². The minimum absolute atomic E-state index is 0.390. The first-order chi connectivity index (χ1) is 12.9. The largest absolute Gasteiger partial charge is 0.416 e. The molecule has 144 valence electrons. The van der Waals surface area contributed by atoms with Crippen molar-refractivity contribution < 1.29 is 17.6 Å². The molecule has 27 heavy (non-hydrogen) atoms. The fraction of sp³-hybridized carbons (Fsp3) is 0.368. The van der Waals surface area contributed by atoms with E-state index in [-0.39, 0.29) is 0 Å². The molecular formula is C19H20F4N4. The molecule has 1 aliphatic heterocycles. The van der Waals surface area contributed by atoms with Gasteiger partial charge in [0, 0.05) is 25.1 Å². The van der Waals surface area contributed by atoms with E-state index in [1.165, 1.54) is 6.07 Å². The maximum Gasteiger partial charge on any atom is 0.416 e. The third-order valence-electron chi connectivity index (χ3n) is 4.31. The molecule has 3 aromatic rings. The summed E-state index contributed by atoms with van der Waals surface area (Å²) in [6.07, 6.45) is 4.06. The Kier molecular flexibility index (Phi) is 6.05. The van der Waals surface area contributed by atoms with Crippen molar-refractivity contribution in [1.82, 2.24) is 19.5 Å². The predicted octanol–water partition coefficient (Wildman–Crippen LogP) is 4.56. The summed E-state index contributed by atoms with van der Waals surface area (Å²) in [4.78, 5) is 6.09. The molecule has 1 saturated heterocycles. The molecule has 3 heterocycles. The van der Waals surface area contributed by atoms with Crippen molar-refractivity contribution in [3.8, 4) is 0 Å². The molecule has 1 aliphatic rings. The number of hydrogen-bond acceptors (Lipinski definition) is 3. The average Bonchev–Trinajstić information content (AvgIpc) is 3.11. The van der Waals surface area contributed by atoms with Crippen molar-refractivity contribution >= 4 is 5.65 Å². The molecule has 0 atom stereocenters. The van der Waals surface area contributed by atoms with Crippen molar-refractivity contribution in [3.05, 3.63) is 65.9 Å². The molecule has 0 spiro atoms. The van der Waals surface area contributed by atoms with Crippen molar-refractivity contribution in [2.75, 3.05) is 13.1 Å². The number of alkyl halides is 3. The lowest BCUT2D eigenvalue weighted by molar-refractivity contribution is -0.137. The first-order valence-electron chi connectivity index (χ1n) is 8.75. The lowest BCUT2D eigenvalue weighted by atomic mass is 10.1. The van der Waals surface area contributed by atoms with Crippen LogP contribution in [0.4, 0.5) is 17.6 Å². The molecule has 2 aromatic heterocycles. The highest BCUT2D eigenvalue weighted by molar-refractivity contribution is 5.34. The molecule has 0 unspecified atom stereocenters. The van der Waals surface area contributed by atoms with E-state index in [2.05, 4.69) is 15.0 Å². The summed E-state index contributed by atoms with van der Waals surface area (Å²) >= 11 is 0. The van der Waals surface area contributed by atoms with E-state index in [0.717, 1.165) is 44.1 Å². The van der Waals surface area contributed by atoms with E-state index in [1.54, 1.807) is 16.9 Å². The van der Waals surface area contributed by atoms with Crippen LogP contribution in [0.5, 0.6) is 0 Å². The minimum Gasteiger partial charge on any atom is -0.299 e. The van der Waals surface area contributed by atoms with Crippen LogP contribution in [0.1, 0.15) is 30.4 Å². The van der Waals surface area contributed by atoms with Crippen LogP contribution in [0.25, 0.3) is 5.65 Å². The van der Waals surface area contributed by atoms with Crippen LogP contribution >= 0.6 is 0 Å². The molecule has 0 N–H and O–H groups in total. The van der Waals surface area contributed by atoms with Crippen LogP contribution in [0, 0.1) is 5.82 Å². The molecule has 4 rings (SSSR count). The lowest BCUT2D eigenvalue weighted by Crippen LogP contribution is -2.29. The van der Waals surface area contributed by atoms with Gasteiger partial charge in [0.1, 0.15) is 5.82 Å². The standard InChI is InChI=1S/C13H15F4N.C6H5N3/c14-12-7-10(6-11(8-12)13(15,16)17)9-18-4-2-1-3-5-18;1-2-6-7-4-5-9(6)8-3-1/h6-8H,1-5,9H2;1-5H. The van der Waals surface area contributed by atoms with E-state index < -0.39 is 17.6 Å². The van der Waals surface area contributed by atoms with Crippen molar-refractivity contribution in [3.63, 3.8) is 0 Å². The SMILES string of the molecule is Fc1cc(CN2CCCCC2)cc(C(F)(F)F)c1.c1cnn2ccnc2c1. The molecule has 4 nitrogen and oxygen atoms in total. The zero-order chi connectivity index (χ0) is 19.3. The van der Waals surface area contributed by atoms with Gasteiger partial charge in [-0.15, -0.1) is 0 Å². The van der Waals surface area contributed by atoms with Gasteiger partial charge in [-0.2, -0.15) is 18.3 Å². The number of nitrogens with zero attached hydrogens (tertiary/aromatic N) is 4. The topological polar surface area (TPSA) is 33.4 Å². The third-order valence-corrected chi connectivity index (χ3v) is 4.31. The Labute approximate surface area is 154 Å². The molecule has 0 saturated carbocycles. The van der Waals surface area contributed by atoms with Crippen molar-refractivity contribution in [2.24, 2.45) is 0 Å². The first-order valence-corrected chi connectivity index (χ1v) is 8.75. The van der Waals surface area contributed by atoms with Gasteiger partial charge in [-0.05, 0) is 61.8 Å². The summed E-state index contributed by atoms with van der Waals surface area (Å²) in [7, 11) is 0. The van der Waals surface area contributed by atoms with E-state index in [9.17, 15) is 17.6 Å². The second-order valence-electron chi connectivity index (χ2n) is 6.44. The fourth-order valence-electron chi connectivity index (χ4n) is 3.05. The smallest absolute Gasteiger partial charge is 0.299 e. The molecule has 1 fully saturated rings. The Balaban J connectivity index is 0.000000193. The third kappa shape index (κ3) is 5.50. The van der Waals surface area contributed by atoms with Gasteiger partial charge in [-0.1, -0.05) is 6.42 Å². The van der Waals surface area contributed by atoms with Crippen molar-refractivity contribution in [1.29, 1.82) is 0 Å². The Morgan fingerprint density at radius 3 is 2.48 bits per heavy atom. The van der Waals surface area contributed by atoms with Gasteiger partial charge >= 0.3 is 6.18 Å². The molecular weight excluding hydrogens is 360 g/mol. The highest BCUT2D eigenvalue weighted by atomic mass is 19.4. The summed E-state index contributed by atoms with van der Waals surface area (Å²) < 4.78 is 52.6. The number of piperidine rings is 1. The van der Waals surface area contributed by atoms with Gasteiger partial charge in [0.15, 0.2) is 5.65 Å². The number of aromatic nitrogens is 3. The fourth-order valence-corrected chi connectivity index (χ4v) is 3.05. The predicted molar refractivity (Wildman–Crippen MR) is 93.5 cm³/mol. The Hall–Kier alpha value is -2.48. The Morgan fingerprint density at radius 2 is 1.78 bits per heavy atom. The number of fused-ring (bicyclic) bond motifs is 1. The Bertz CT molecular complexity index is 839. The van der Waals surface area contributed by atoms with Crippen LogP contribution in [0.3, 0.4) is 0 Å². The number of likely N-dealkylation sites (tertiary alicyclic amines) is 1. The van der Waals surface area contributed by atoms with E-state index in [0.29, 0.717) is 18.2 Å². The molecule has 0 aliphatic carbocycles. The van der Waals surface area contributed by atoms with E-state index >= 15 is 0 Å². The molecule has 0 radical (unpaired) electrons. The maximum absolute atomic E-state index is 13.2. The number of halogens is 4. The van der Waals surface area contributed by atoms with E-state index in [4.69, 9.17) is 0 Å². The van der Waals surface area contributed by atoms with Gasteiger partial charge in [0.2, 0.25) is 0 Å². The minimum atomic E-state index is -4.49. The average molecular weight is 380 g/mol. The van der Waals surface area contributed by atoms with Gasteiger partial charge < -0.3 is 0 Å². The molecule has 1 aromatic carbocycles. The number of benzene rings is 1. The lowest BCUT2D eigenvalue weighted by Gasteiger charge is -2.26. The van der Waals surface area contributed by atoms with Gasteiger partial charge in [-0.3, -0.25) is 4.90 Å². The number of hydrogen-bond donors (Lipinski definition) is 0. The second kappa shape index (κ2) is 8.47. The summed E-state index contributed by atoms with van der Waals surface area (Å²) in [5.41, 5.74) is 0.372. The van der Waals surface area contributed by atoms with Gasteiger partial charge in [0.05, 0.1) is 5.56 Å². The highest BCUT2D eigenvalue weighted by Gasteiger charge is 2.31. The van der Waals surface area contributed by atoms with Crippen molar-refractivity contribution in [2.45, 2.75) is 32.0 Å². The van der Waals surface area contributed by atoms with E-state index in [1.807, 2.05) is 18.3 Å². The normalized spacial score (nSPS) is 15.4. The Morgan fingerprint density at radius 1 is 1.00 bits per heavy atom.